The molecule has 3 saturated heterocycles. The molecule has 4 aromatic rings. The normalized spacial score (nSPS) is 23.9. The quantitative estimate of drug-likeness (QED) is 0.154. The zero-order valence-corrected chi connectivity index (χ0v) is 33.4. The summed E-state index contributed by atoms with van der Waals surface area (Å²) in [6, 6.07) is 19.8. The van der Waals surface area contributed by atoms with E-state index in [2.05, 4.69) is 9.59 Å². The van der Waals surface area contributed by atoms with Crippen molar-refractivity contribution in [3.05, 3.63) is 83.2 Å². The summed E-state index contributed by atoms with van der Waals surface area (Å²) in [7, 11) is -4.02. The van der Waals surface area contributed by atoms with E-state index in [1.165, 1.54) is 28.0 Å². The predicted octanol–water partition coefficient (Wildman–Crippen LogP) is 6.11. The van der Waals surface area contributed by atoms with E-state index >= 15 is 0 Å². The molecule has 3 fully saturated rings. The van der Waals surface area contributed by atoms with Crippen molar-refractivity contribution >= 4 is 27.6 Å². The van der Waals surface area contributed by atoms with Crippen LogP contribution in [0.15, 0.2) is 77.0 Å². The molecule has 1 amide bonds. The summed E-state index contributed by atoms with van der Waals surface area (Å²) in [5.41, 5.74) is 2.63. The van der Waals surface area contributed by atoms with Crippen LogP contribution in [0.3, 0.4) is 0 Å². The number of hydrogen-bond acceptors (Lipinski definition) is 13. The fourth-order valence-corrected chi connectivity index (χ4v) is 9.90. The zero-order valence-electron chi connectivity index (χ0n) is 31.7. The molecule has 0 saturated carbocycles. The molecule has 0 N–H and O–H groups in total. The maximum Gasteiger partial charge on any atom is 0.412 e. The average molecular weight is 807 g/mol. The third kappa shape index (κ3) is 8.08. The Hall–Kier alpha value is -4.32. The van der Waals surface area contributed by atoms with E-state index in [4.69, 9.17) is 33.2 Å². The molecule has 4 aliphatic heterocycles. The van der Waals surface area contributed by atoms with Crippen LogP contribution in [-0.4, -0.2) is 96.7 Å². The van der Waals surface area contributed by atoms with Gasteiger partial charge in [0.1, 0.15) is 29.9 Å². The van der Waals surface area contributed by atoms with E-state index in [9.17, 15) is 13.2 Å². The maximum atomic E-state index is 14.3. The van der Waals surface area contributed by atoms with Crippen molar-refractivity contribution in [3.63, 3.8) is 0 Å². The van der Waals surface area contributed by atoms with Gasteiger partial charge in [-0.1, -0.05) is 54.7 Å². The molecule has 5 atom stereocenters. The number of ether oxygens (including phenoxy) is 7. The molecule has 4 aliphatic rings. The molecule has 0 bridgehead atoms. The number of amides is 1. The molecule has 8 rings (SSSR count). The van der Waals surface area contributed by atoms with Gasteiger partial charge in [-0.05, 0) is 79.5 Å². The van der Waals surface area contributed by atoms with E-state index in [1.807, 2.05) is 81.6 Å². The summed E-state index contributed by atoms with van der Waals surface area (Å²) in [6.07, 6.45) is -0.999. The molecular weight excluding hydrogens is 761 g/mol. The van der Waals surface area contributed by atoms with Gasteiger partial charge in [0.25, 0.3) is 0 Å². The Morgan fingerprint density at radius 2 is 1.79 bits per heavy atom. The third-order valence-electron chi connectivity index (χ3n) is 10.5. The van der Waals surface area contributed by atoms with Crippen molar-refractivity contribution in [1.82, 2.24) is 18.8 Å². The number of fused-ring (bicyclic) bond motifs is 2. The summed E-state index contributed by atoms with van der Waals surface area (Å²) in [5, 5.41) is 6.04. The summed E-state index contributed by atoms with van der Waals surface area (Å²) in [6.45, 7) is 8.97. The lowest BCUT2D eigenvalue weighted by Crippen LogP contribution is -2.51. The van der Waals surface area contributed by atoms with Gasteiger partial charge >= 0.3 is 6.09 Å². The Morgan fingerprint density at radius 1 is 1.02 bits per heavy atom. The van der Waals surface area contributed by atoms with Gasteiger partial charge in [-0.25, -0.2) is 13.2 Å². The van der Waals surface area contributed by atoms with Crippen LogP contribution in [0, 0.1) is 11.8 Å². The predicted molar refractivity (Wildman–Crippen MR) is 205 cm³/mol. The monoisotopic (exact) mass is 806 g/mol. The second-order valence-corrected chi connectivity index (χ2v) is 17.9. The van der Waals surface area contributed by atoms with Gasteiger partial charge in [0.05, 0.1) is 36.2 Å². The minimum absolute atomic E-state index is 0.00241. The van der Waals surface area contributed by atoms with Crippen LogP contribution >= 0.6 is 11.5 Å². The molecule has 5 heterocycles. The van der Waals surface area contributed by atoms with Crippen molar-refractivity contribution in [1.29, 1.82) is 0 Å². The Labute approximate surface area is 330 Å². The van der Waals surface area contributed by atoms with Gasteiger partial charge in [-0.2, -0.15) is 4.31 Å². The topological polar surface area (TPSA) is 148 Å². The number of aromatic nitrogens is 2. The summed E-state index contributed by atoms with van der Waals surface area (Å²) in [4.78, 5) is 16.0. The van der Waals surface area contributed by atoms with Crippen LogP contribution in [0.5, 0.6) is 17.2 Å². The first kappa shape index (κ1) is 38.5. The molecule has 14 nitrogen and oxygen atoms in total. The molecule has 0 aliphatic carbocycles. The maximum absolute atomic E-state index is 14.3. The molecule has 16 heteroatoms. The highest BCUT2D eigenvalue weighted by molar-refractivity contribution is 7.89. The molecule has 0 spiro atoms. The highest BCUT2D eigenvalue weighted by atomic mass is 32.2. The highest BCUT2D eigenvalue weighted by Crippen LogP contribution is 2.40. The summed E-state index contributed by atoms with van der Waals surface area (Å²) >= 11 is 1.31. The zero-order chi connectivity index (χ0) is 39.0. The number of benzene rings is 3. The van der Waals surface area contributed by atoms with Crippen LogP contribution in [0.4, 0.5) is 4.79 Å². The lowest BCUT2D eigenvalue weighted by atomic mass is 9.99. The van der Waals surface area contributed by atoms with E-state index in [1.54, 1.807) is 11.0 Å². The third-order valence-corrected chi connectivity index (χ3v) is 12.9. The highest BCUT2D eigenvalue weighted by Gasteiger charge is 2.53. The number of hydrogen-bond donors (Lipinski definition) is 0. The van der Waals surface area contributed by atoms with Crippen molar-refractivity contribution in [3.8, 4) is 28.5 Å². The van der Waals surface area contributed by atoms with Crippen LogP contribution in [-0.2, 0) is 42.0 Å². The molecule has 298 valence electrons. The SMILES string of the molecule is CC(C)CN(C[C@H]1OC(C)(C)N(C(=O)O[C@H]2CO[C@H]3OCCC32)[C@H]1Cc1ccc(OCc2ccc(-c3csnn3)cc2)cc1)S(=O)(=O)c1ccc2c(c1)OCO2. The number of carbonyl (C=O) groups excluding carboxylic acids is 1. The minimum Gasteiger partial charge on any atom is -0.489 e. The fraction of sp³-hybridized carbons (Fsp3) is 0.475. The molecule has 56 heavy (non-hydrogen) atoms. The fourth-order valence-electron chi connectivity index (χ4n) is 7.80. The first-order valence-corrected chi connectivity index (χ1v) is 21.1. The minimum atomic E-state index is -4.02. The Morgan fingerprint density at radius 3 is 2.54 bits per heavy atom. The second kappa shape index (κ2) is 15.9. The van der Waals surface area contributed by atoms with Crippen LogP contribution < -0.4 is 14.2 Å². The van der Waals surface area contributed by atoms with Crippen molar-refractivity contribution in [2.75, 3.05) is 33.1 Å². The van der Waals surface area contributed by atoms with Gasteiger partial charge in [-0.3, -0.25) is 4.90 Å². The smallest absolute Gasteiger partial charge is 0.412 e. The van der Waals surface area contributed by atoms with E-state index in [0.29, 0.717) is 36.9 Å². The summed E-state index contributed by atoms with van der Waals surface area (Å²) in [5.74, 6) is 1.51. The Kier molecular flexibility index (Phi) is 10.9. The van der Waals surface area contributed by atoms with E-state index < -0.39 is 40.1 Å². The molecule has 1 aromatic heterocycles. The molecule has 3 aromatic carbocycles. The Balaban J connectivity index is 1.03. The number of rotatable bonds is 13. The first-order chi connectivity index (χ1) is 26.9. The van der Waals surface area contributed by atoms with Gasteiger partial charge in [0, 0.05) is 30.1 Å². The summed E-state index contributed by atoms with van der Waals surface area (Å²) < 4.78 is 75.3. The number of carbonyl (C=O) groups is 1. The second-order valence-electron chi connectivity index (χ2n) is 15.3. The lowest BCUT2D eigenvalue weighted by Gasteiger charge is -2.34. The van der Waals surface area contributed by atoms with Gasteiger partial charge in [0.15, 0.2) is 17.8 Å². The lowest BCUT2D eigenvalue weighted by molar-refractivity contribution is -0.0911. The van der Waals surface area contributed by atoms with Crippen LogP contribution in [0.1, 0.15) is 45.2 Å². The number of nitrogens with zero attached hydrogens (tertiary/aromatic N) is 4. The van der Waals surface area contributed by atoms with Crippen molar-refractivity contribution in [2.24, 2.45) is 11.8 Å². The largest absolute Gasteiger partial charge is 0.489 e. The molecule has 0 radical (unpaired) electrons. The van der Waals surface area contributed by atoms with Gasteiger partial charge < -0.3 is 33.2 Å². The van der Waals surface area contributed by atoms with E-state index in [0.717, 1.165) is 28.8 Å². The van der Waals surface area contributed by atoms with E-state index in [-0.39, 0.29) is 49.5 Å². The first-order valence-electron chi connectivity index (χ1n) is 18.8. The Bertz CT molecular complexity index is 2100. The molecule has 1 unspecified atom stereocenters. The standard InChI is InChI=1S/C40H46N4O10S2/c1-25(2)19-43(56(46,47)30-13-14-34-35(18-30)52-24-51-34)20-36-33(44(40(3,4)54-36)39(45)53-37-22-50-38-31(37)15-16-48-38)17-26-7-11-29(12-8-26)49-21-27-5-9-28(10-6-27)32-23-55-42-41-32/h5-14,18,23,25,31,33,36-38H,15-17,19-22,24H2,1-4H3/t31?,33-,36+,37-,38+/m0/s1. The van der Waals surface area contributed by atoms with Crippen molar-refractivity contribution in [2.45, 2.75) is 82.3 Å². The van der Waals surface area contributed by atoms with Gasteiger partial charge in [0.2, 0.25) is 16.8 Å². The van der Waals surface area contributed by atoms with Crippen molar-refractivity contribution < 1.29 is 46.4 Å². The van der Waals surface area contributed by atoms with Gasteiger partial charge in [-0.15, -0.1) is 5.10 Å². The molecular formula is C40H46N4O10S2. The van der Waals surface area contributed by atoms with Crippen LogP contribution in [0.25, 0.3) is 11.3 Å². The average Bonchev–Trinajstić information content (AvgIpc) is 4.02. The van der Waals surface area contributed by atoms with Crippen LogP contribution in [0.2, 0.25) is 0 Å². The number of sulfonamides is 1.